The van der Waals surface area contributed by atoms with E-state index in [1.807, 2.05) is 0 Å². The Hall–Kier alpha value is -0.310. The molecule has 0 rings (SSSR count). The minimum atomic E-state index is -4.02. The fraction of sp³-hybridized carbons (Fsp3) is 0.333. The Morgan fingerprint density at radius 2 is 2.12 bits per heavy atom. The standard InChI is InChI=1S/C3H8NO3P/c1-3(2-4)8(5,6)7/h2H,4H2,1H3,(H2,5,6,7). The Labute approximate surface area is 47.2 Å². The van der Waals surface area contributed by atoms with Crippen molar-refractivity contribution in [3.63, 3.8) is 0 Å². The average molecular weight is 137 g/mol. The van der Waals surface area contributed by atoms with Crippen molar-refractivity contribution < 1.29 is 14.4 Å². The third-order valence-corrected chi connectivity index (χ3v) is 1.77. The minimum absolute atomic E-state index is 0.0995. The second kappa shape index (κ2) is 2.31. The quantitative estimate of drug-likeness (QED) is 0.443. The zero-order valence-electron chi connectivity index (χ0n) is 4.40. The van der Waals surface area contributed by atoms with Crippen molar-refractivity contribution in [1.29, 1.82) is 0 Å². The van der Waals surface area contributed by atoms with Crippen LogP contribution in [0.4, 0.5) is 0 Å². The van der Waals surface area contributed by atoms with Gasteiger partial charge in [-0.15, -0.1) is 0 Å². The Morgan fingerprint density at radius 3 is 2.12 bits per heavy atom. The van der Waals surface area contributed by atoms with Crippen molar-refractivity contribution in [3.8, 4) is 0 Å². The molecule has 8 heavy (non-hydrogen) atoms. The van der Waals surface area contributed by atoms with E-state index in [2.05, 4.69) is 0 Å². The minimum Gasteiger partial charge on any atom is -0.404 e. The van der Waals surface area contributed by atoms with E-state index in [0.717, 1.165) is 6.20 Å². The molecule has 0 radical (unpaired) electrons. The first-order chi connectivity index (χ1) is 3.48. The molecule has 0 aliphatic carbocycles. The van der Waals surface area contributed by atoms with Gasteiger partial charge in [0.1, 0.15) is 0 Å². The molecule has 4 N–H and O–H groups in total. The first-order valence-electron chi connectivity index (χ1n) is 1.93. The molecule has 0 aromatic carbocycles. The molecule has 0 aromatic heterocycles. The van der Waals surface area contributed by atoms with E-state index in [-0.39, 0.29) is 5.31 Å². The van der Waals surface area contributed by atoms with Crippen LogP contribution >= 0.6 is 7.60 Å². The number of hydrogen-bond donors (Lipinski definition) is 3. The van der Waals surface area contributed by atoms with Gasteiger partial charge in [-0.25, -0.2) is 0 Å². The Balaban J connectivity index is 4.27. The van der Waals surface area contributed by atoms with Gasteiger partial charge in [-0.2, -0.15) is 0 Å². The smallest absolute Gasteiger partial charge is 0.353 e. The summed E-state index contributed by atoms with van der Waals surface area (Å²) in [5, 5.41) is -0.0995. The van der Waals surface area contributed by atoms with E-state index in [1.54, 1.807) is 0 Å². The van der Waals surface area contributed by atoms with E-state index in [0.29, 0.717) is 0 Å². The molecule has 0 aliphatic heterocycles. The van der Waals surface area contributed by atoms with Gasteiger partial charge >= 0.3 is 7.60 Å². The molecule has 0 fully saturated rings. The molecule has 0 saturated heterocycles. The van der Waals surface area contributed by atoms with Gasteiger partial charge in [0, 0.05) is 6.20 Å². The SMILES string of the molecule is CC(=CN)P(=O)(O)O. The molecule has 0 saturated carbocycles. The van der Waals surface area contributed by atoms with Crippen LogP contribution in [0.3, 0.4) is 0 Å². The zero-order chi connectivity index (χ0) is 6.78. The highest BCUT2D eigenvalue weighted by Crippen LogP contribution is 2.43. The predicted octanol–water partition coefficient (Wildman–Crippen LogP) is -0.0159. The molecule has 0 unspecified atom stereocenters. The van der Waals surface area contributed by atoms with E-state index >= 15 is 0 Å². The summed E-state index contributed by atoms with van der Waals surface area (Å²) in [5.74, 6) is 0. The average Bonchev–Trinajstić information content (AvgIpc) is 1.62. The predicted molar refractivity (Wildman–Crippen MR) is 30.0 cm³/mol. The third-order valence-electron chi connectivity index (χ3n) is 0.701. The van der Waals surface area contributed by atoms with E-state index in [4.69, 9.17) is 15.5 Å². The fourth-order valence-electron chi connectivity index (χ4n) is 0.0971. The van der Waals surface area contributed by atoms with E-state index in [9.17, 15) is 4.57 Å². The maximum atomic E-state index is 10.1. The van der Waals surface area contributed by atoms with Crippen LogP contribution in [0, 0.1) is 0 Å². The van der Waals surface area contributed by atoms with Crippen molar-refractivity contribution in [2.24, 2.45) is 5.73 Å². The summed E-state index contributed by atoms with van der Waals surface area (Å²) in [5.41, 5.74) is 4.80. The molecule has 0 spiro atoms. The Bertz CT molecular complexity index is 147. The van der Waals surface area contributed by atoms with E-state index in [1.165, 1.54) is 6.92 Å². The molecular formula is C3H8NO3P. The van der Waals surface area contributed by atoms with Crippen LogP contribution in [0.25, 0.3) is 0 Å². The molecule has 4 nitrogen and oxygen atoms in total. The van der Waals surface area contributed by atoms with Crippen LogP contribution in [0.5, 0.6) is 0 Å². The van der Waals surface area contributed by atoms with Gasteiger partial charge in [-0.3, -0.25) is 4.57 Å². The molecule has 0 aromatic rings. The molecule has 5 heteroatoms. The number of rotatable bonds is 1. The lowest BCUT2D eigenvalue weighted by molar-refractivity contribution is 0.382. The Morgan fingerprint density at radius 1 is 1.75 bits per heavy atom. The lowest BCUT2D eigenvalue weighted by Crippen LogP contribution is -1.85. The van der Waals surface area contributed by atoms with Gasteiger partial charge in [-0.1, -0.05) is 0 Å². The first-order valence-corrected chi connectivity index (χ1v) is 3.54. The molecule has 0 amide bonds. The van der Waals surface area contributed by atoms with Crippen LogP contribution in [-0.4, -0.2) is 9.79 Å². The van der Waals surface area contributed by atoms with Crippen molar-refractivity contribution in [2.45, 2.75) is 6.92 Å². The van der Waals surface area contributed by atoms with Crippen molar-refractivity contribution in [3.05, 3.63) is 11.5 Å². The van der Waals surface area contributed by atoms with Crippen LogP contribution in [0.1, 0.15) is 6.92 Å². The maximum Gasteiger partial charge on any atom is 0.353 e. The second-order valence-corrected chi connectivity index (χ2v) is 3.15. The van der Waals surface area contributed by atoms with Gasteiger partial charge in [0.25, 0.3) is 0 Å². The van der Waals surface area contributed by atoms with Crippen LogP contribution < -0.4 is 5.73 Å². The lowest BCUT2D eigenvalue weighted by atomic mass is 10.7. The fourth-order valence-corrected chi connectivity index (χ4v) is 0.291. The van der Waals surface area contributed by atoms with Gasteiger partial charge in [-0.05, 0) is 6.92 Å². The second-order valence-electron chi connectivity index (χ2n) is 1.35. The summed E-state index contributed by atoms with van der Waals surface area (Å²) in [4.78, 5) is 16.5. The highest BCUT2D eigenvalue weighted by atomic mass is 31.2. The number of hydrogen-bond acceptors (Lipinski definition) is 2. The van der Waals surface area contributed by atoms with Crippen molar-refractivity contribution in [1.82, 2.24) is 0 Å². The summed E-state index contributed by atoms with van der Waals surface area (Å²) in [6.07, 6.45) is 0.904. The van der Waals surface area contributed by atoms with Gasteiger partial charge in [0.05, 0.1) is 5.31 Å². The normalized spacial score (nSPS) is 14.1. The molecule has 0 heterocycles. The van der Waals surface area contributed by atoms with Gasteiger partial charge in [0.15, 0.2) is 0 Å². The highest BCUT2D eigenvalue weighted by Gasteiger charge is 2.13. The summed E-state index contributed by atoms with van der Waals surface area (Å²) in [6.45, 7) is 1.28. The van der Waals surface area contributed by atoms with Gasteiger partial charge < -0.3 is 15.5 Å². The molecule has 48 valence electrons. The summed E-state index contributed by atoms with van der Waals surface area (Å²) in [7, 11) is -4.02. The number of nitrogens with two attached hydrogens (primary N) is 1. The lowest BCUT2D eigenvalue weighted by Gasteiger charge is -1.99. The zero-order valence-corrected chi connectivity index (χ0v) is 5.30. The van der Waals surface area contributed by atoms with Crippen molar-refractivity contribution >= 4 is 7.60 Å². The molecule has 0 aliphatic rings. The largest absolute Gasteiger partial charge is 0.404 e. The number of allylic oxidation sites excluding steroid dienone is 1. The van der Waals surface area contributed by atoms with Crippen LogP contribution in [-0.2, 0) is 4.57 Å². The molecular weight excluding hydrogens is 129 g/mol. The molecule has 0 atom stereocenters. The monoisotopic (exact) mass is 137 g/mol. The molecule has 0 bridgehead atoms. The van der Waals surface area contributed by atoms with Crippen LogP contribution in [0.15, 0.2) is 11.5 Å². The topological polar surface area (TPSA) is 83.6 Å². The summed E-state index contributed by atoms with van der Waals surface area (Å²) >= 11 is 0. The highest BCUT2D eigenvalue weighted by molar-refractivity contribution is 7.56. The Kier molecular flexibility index (Phi) is 2.22. The third kappa shape index (κ3) is 2.12. The van der Waals surface area contributed by atoms with Crippen LogP contribution in [0.2, 0.25) is 0 Å². The maximum absolute atomic E-state index is 10.1. The summed E-state index contributed by atoms with van der Waals surface area (Å²) < 4.78 is 10.1. The first kappa shape index (κ1) is 7.69. The summed E-state index contributed by atoms with van der Waals surface area (Å²) in [6, 6.07) is 0. The van der Waals surface area contributed by atoms with E-state index < -0.39 is 7.60 Å². The van der Waals surface area contributed by atoms with Crippen molar-refractivity contribution in [2.75, 3.05) is 0 Å². The van der Waals surface area contributed by atoms with Gasteiger partial charge in [0.2, 0.25) is 0 Å².